The molecule has 0 saturated carbocycles. The van der Waals surface area contributed by atoms with Crippen LogP contribution in [0.2, 0.25) is 0 Å². The van der Waals surface area contributed by atoms with Crippen LogP contribution in [0.15, 0.2) is 51.9 Å². The SMILES string of the molecule is COc1ccc(C=Cc2onc(C)c2S(=O)(=O)N2CCC(C(=O)Nc3cc(C)ccc3C)CC2)cc1. The van der Waals surface area contributed by atoms with E-state index in [9.17, 15) is 13.2 Å². The van der Waals surface area contributed by atoms with E-state index in [1.807, 2.05) is 56.3 Å². The van der Waals surface area contributed by atoms with Crippen molar-refractivity contribution >= 4 is 33.8 Å². The summed E-state index contributed by atoms with van der Waals surface area (Å²) in [5, 5.41) is 6.92. The zero-order valence-corrected chi connectivity index (χ0v) is 21.8. The second kappa shape index (κ2) is 10.7. The van der Waals surface area contributed by atoms with Gasteiger partial charge >= 0.3 is 0 Å². The van der Waals surface area contributed by atoms with Crippen molar-refractivity contribution in [2.75, 3.05) is 25.5 Å². The Morgan fingerprint density at radius 2 is 1.78 bits per heavy atom. The number of nitrogens with one attached hydrogen (secondary N) is 1. The molecule has 1 aliphatic heterocycles. The van der Waals surface area contributed by atoms with Gasteiger partial charge in [0.2, 0.25) is 15.9 Å². The lowest BCUT2D eigenvalue weighted by atomic mass is 9.97. The number of amides is 1. The van der Waals surface area contributed by atoms with Gasteiger partial charge in [-0.3, -0.25) is 4.79 Å². The highest BCUT2D eigenvalue weighted by Gasteiger charge is 2.36. The fourth-order valence-electron chi connectivity index (χ4n) is 4.28. The molecule has 0 unspecified atom stereocenters. The summed E-state index contributed by atoms with van der Waals surface area (Å²) in [7, 11) is -2.24. The first-order chi connectivity index (χ1) is 17.2. The van der Waals surface area contributed by atoms with Crippen molar-refractivity contribution in [1.29, 1.82) is 0 Å². The van der Waals surface area contributed by atoms with Crippen molar-refractivity contribution < 1.29 is 22.5 Å². The van der Waals surface area contributed by atoms with Gasteiger partial charge in [0, 0.05) is 24.7 Å². The molecule has 3 aromatic rings. The molecule has 1 N–H and O–H groups in total. The zero-order chi connectivity index (χ0) is 25.9. The van der Waals surface area contributed by atoms with E-state index in [1.54, 1.807) is 26.2 Å². The zero-order valence-electron chi connectivity index (χ0n) is 20.9. The molecular weight excluding hydrogens is 478 g/mol. The molecular formula is C27H31N3O5S. The first-order valence-corrected chi connectivity index (χ1v) is 13.3. The van der Waals surface area contributed by atoms with Gasteiger partial charge in [-0.15, -0.1) is 0 Å². The summed E-state index contributed by atoms with van der Waals surface area (Å²) in [4.78, 5) is 12.9. The van der Waals surface area contributed by atoms with Crippen molar-refractivity contribution in [1.82, 2.24) is 9.46 Å². The quantitative estimate of drug-likeness (QED) is 0.490. The molecule has 36 heavy (non-hydrogen) atoms. The number of rotatable bonds is 7. The molecule has 8 nitrogen and oxygen atoms in total. The number of aromatic nitrogens is 1. The molecule has 9 heteroatoms. The van der Waals surface area contributed by atoms with E-state index in [0.717, 1.165) is 28.1 Å². The molecule has 0 spiro atoms. The summed E-state index contributed by atoms with van der Waals surface area (Å²) in [6.07, 6.45) is 4.26. The third-order valence-corrected chi connectivity index (χ3v) is 8.51. The van der Waals surface area contributed by atoms with Gasteiger partial charge in [-0.05, 0) is 74.6 Å². The Balaban J connectivity index is 1.45. The van der Waals surface area contributed by atoms with Gasteiger partial charge in [0.1, 0.15) is 11.4 Å². The highest BCUT2D eigenvalue weighted by atomic mass is 32.2. The number of hydrogen-bond donors (Lipinski definition) is 1. The maximum Gasteiger partial charge on any atom is 0.248 e. The van der Waals surface area contributed by atoms with Crippen LogP contribution in [-0.2, 0) is 14.8 Å². The van der Waals surface area contributed by atoms with Gasteiger partial charge in [-0.2, -0.15) is 4.31 Å². The number of methoxy groups -OCH3 is 1. The number of benzene rings is 2. The fraction of sp³-hybridized carbons (Fsp3) is 0.333. The molecule has 1 amide bonds. The highest BCUT2D eigenvalue weighted by Crippen LogP contribution is 2.30. The topological polar surface area (TPSA) is 102 Å². The Hall–Kier alpha value is -3.43. The molecule has 1 fully saturated rings. The Morgan fingerprint density at radius 1 is 1.08 bits per heavy atom. The summed E-state index contributed by atoms with van der Waals surface area (Å²) in [5.41, 5.74) is 4.02. The average molecular weight is 510 g/mol. The summed E-state index contributed by atoms with van der Waals surface area (Å²) in [5.74, 6) is 0.578. The standard InChI is InChI=1S/C27H31N3O5S/c1-18-5-6-19(2)24(17-18)28-27(31)22-13-15-30(16-14-22)36(32,33)26-20(3)29-35-25(26)12-9-21-7-10-23(34-4)11-8-21/h5-12,17,22H,13-16H2,1-4H3,(H,28,31). The number of carbonyl (C=O) groups is 1. The van der Waals surface area contributed by atoms with E-state index in [1.165, 1.54) is 4.31 Å². The predicted molar refractivity (Wildman–Crippen MR) is 139 cm³/mol. The van der Waals surface area contributed by atoms with Crippen LogP contribution >= 0.6 is 0 Å². The maximum absolute atomic E-state index is 13.5. The number of aryl methyl sites for hydroxylation is 3. The first-order valence-electron chi connectivity index (χ1n) is 11.9. The minimum atomic E-state index is -3.84. The third kappa shape index (κ3) is 5.52. The second-order valence-electron chi connectivity index (χ2n) is 9.05. The van der Waals surface area contributed by atoms with Crippen LogP contribution in [0.25, 0.3) is 12.2 Å². The van der Waals surface area contributed by atoms with Crippen molar-refractivity contribution in [3.63, 3.8) is 0 Å². The summed E-state index contributed by atoms with van der Waals surface area (Å²) >= 11 is 0. The molecule has 2 aromatic carbocycles. The van der Waals surface area contributed by atoms with Crippen LogP contribution in [0.1, 0.15) is 41.0 Å². The van der Waals surface area contributed by atoms with Crippen molar-refractivity contribution in [2.24, 2.45) is 5.92 Å². The van der Waals surface area contributed by atoms with Gasteiger partial charge < -0.3 is 14.6 Å². The number of anilines is 1. The van der Waals surface area contributed by atoms with Crippen molar-refractivity contribution in [3.8, 4) is 5.75 Å². The smallest absolute Gasteiger partial charge is 0.248 e. The highest BCUT2D eigenvalue weighted by molar-refractivity contribution is 7.89. The van der Waals surface area contributed by atoms with Crippen molar-refractivity contribution in [2.45, 2.75) is 38.5 Å². The average Bonchev–Trinajstić information content (AvgIpc) is 3.26. The molecule has 1 aliphatic rings. The number of carbonyl (C=O) groups excluding carboxylic acids is 1. The Kier molecular flexibility index (Phi) is 7.61. The Labute approximate surface area is 212 Å². The predicted octanol–water partition coefficient (Wildman–Crippen LogP) is 4.82. The van der Waals surface area contributed by atoms with E-state index in [0.29, 0.717) is 18.5 Å². The van der Waals surface area contributed by atoms with E-state index in [2.05, 4.69) is 10.5 Å². The first kappa shape index (κ1) is 25.7. The number of sulfonamides is 1. The number of ether oxygens (including phenoxy) is 1. The van der Waals surface area contributed by atoms with E-state index in [-0.39, 0.29) is 35.6 Å². The molecule has 190 valence electrons. The van der Waals surface area contributed by atoms with Gasteiger partial charge in [-0.25, -0.2) is 8.42 Å². The van der Waals surface area contributed by atoms with Gasteiger partial charge in [0.05, 0.1) is 7.11 Å². The van der Waals surface area contributed by atoms with Crippen LogP contribution in [0.5, 0.6) is 5.75 Å². The van der Waals surface area contributed by atoms with Crippen molar-refractivity contribution in [3.05, 3.63) is 70.6 Å². The van der Waals surface area contributed by atoms with E-state index in [4.69, 9.17) is 9.26 Å². The lowest BCUT2D eigenvalue weighted by molar-refractivity contribution is -0.120. The Bertz CT molecular complexity index is 1370. The molecule has 0 atom stereocenters. The summed E-state index contributed by atoms with van der Waals surface area (Å²) in [6, 6.07) is 13.3. The maximum atomic E-state index is 13.5. The van der Waals surface area contributed by atoms with Gasteiger partial charge in [-0.1, -0.05) is 35.5 Å². The van der Waals surface area contributed by atoms with Gasteiger partial charge in [0.15, 0.2) is 10.7 Å². The van der Waals surface area contributed by atoms with Crippen LogP contribution < -0.4 is 10.1 Å². The molecule has 1 aromatic heterocycles. The number of hydrogen-bond acceptors (Lipinski definition) is 6. The minimum absolute atomic E-state index is 0.0607. The summed E-state index contributed by atoms with van der Waals surface area (Å²) in [6.45, 7) is 6.04. The minimum Gasteiger partial charge on any atom is -0.497 e. The normalized spacial score (nSPS) is 15.3. The molecule has 0 bridgehead atoms. The molecule has 4 rings (SSSR count). The Morgan fingerprint density at radius 3 is 2.44 bits per heavy atom. The lowest BCUT2D eigenvalue weighted by Crippen LogP contribution is -2.41. The lowest BCUT2D eigenvalue weighted by Gasteiger charge is -2.30. The van der Waals surface area contributed by atoms with Crippen LogP contribution in [0, 0.1) is 26.7 Å². The molecule has 0 radical (unpaired) electrons. The van der Waals surface area contributed by atoms with Crippen LogP contribution in [0.4, 0.5) is 5.69 Å². The van der Waals surface area contributed by atoms with E-state index >= 15 is 0 Å². The largest absolute Gasteiger partial charge is 0.497 e. The molecule has 2 heterocycles. The monoisotopic (exact) mass is 509 g/mol. The number of nitrogens with zero attached hydrogens (tertiary/aromatic N) is 2. The number of piperidine rings is 1. The van der Waals surface area contributed by atoms with E-state index < -0.39 is 10.0 Å². The van der Waals surface area contributed by atoms with Crippen LogP contribution in [0.3, 0.4) is 0 Å². The fourth-order valence-corrected chi connectivity index (χ4v) is 6.00. The van der Waals surface area contributed by atoms with Gasteiger partial charge in [0.25, 0.3) is 0 Å². The molecule has 0 aliphatic carbocycles. The second-order valence-corrected chi connectivity index (χ2v) is 10.9. The molecule has 1 saturated heterocycles. The summed E-state index contributed by atoms with van der Waals surface area (Å²) < 4.78 is 39.0. The van der Waals surface area contributed by atoms with Crippen LogP contribution in [-0.4, -0.2) is 44.0 Å². The third-order valence-electron chi connectivity index (χ3n) is 6.45.